The van der Waals surface area contributed by atoms with Crippen LogP contribution in [0.5, 0.6) is 0 Å². The molecule has 232 valence electrons. The Bertz CT molecular complexity index is 1830. The molecule has 0 spiro atoms. The monoisotopic (exact) mass is 623 g/mol. The third-order valence-corrected chi connectivity index (χ3v) is 8.81. The molecule has 0 aliphatic heterocycles. The molecule has 0 bridgehead atoms. The first kappa shape index (κ1) is 30.6. The maximum atomic E-state index is 13.7. The summed E-state index contributed by atoms with van der Waals surface area (Å²) in [5, 5.41) is 13.7. The molecule has 45 heavy (non-hydrogen) atoms. The van der Waals surface area contributed by atoms with Crippen molar-refractivity contribution in [2.75, 3.05) is 34.2 Å². The molecule has 0 saturated heterocycles. The number of nitrogens with zero attached hydrogens (tertiary/aromatic N) is 5. The maximum Gasteiger partial charge on any atom is 0.274 e. The predicted octanol–water partition coefficient (Wildman–Crippen LogP) is 5.16. The highest BCUT2D eigenvalue weighted by molar-refractivity contribution is 7.07. The lowest BCUT2D eigenvalue weighted by Gasteiger charge is -2.21. The third kappa shape index (κ3) is 6.80. The van der Waals surface area contributed by atoms with E-state index < -0.39 is 5.54 Å². The van der Waals surface area contributed by atoms with Crippen molar-refractivity contribution in [2.24, 2.45) is 0 Å². The SMILES string of the molecule is Cc1cc(COCc2cscn2)ccc1C(=O)NC1(c2cc(-c3cc(C(=O)N(C)CCN(C)C)n[nH]3)nc3ccccc23)CC1. The van der Waals surface area contributed by atoms with E-state index in [1.54, 1.807) is 34.9 Å². The maximum absolute atomic E-state index is 13.7. The summed E-state index contributed by atoms with van der Waals surface area (Å²) in [7, 11) is 5.73. The van der Waals surface area contributed by atoms with Gasteiger partial charge in [0.25, 0.3) is 11.8 Å². The van der Waals surface area contributed by atoms with Gasteiger partial charge in [0.2, 0.25) is 0 Å². The minimum atomic E-state index is -0.513. The van der Waals surface area contributed by atoms with Crippen LogP contribution in [0.25, 0.3) is 22.3 Å². The summed E-state index contributed by atoms with van der Waals surface area (Å²) >= 11 is 1.55. The van der Waals surface area contributed by atoms with Crippen LogP contribution in [0.3, 0.4) is 0 Å². The molecule has 3 heterocycles. The molecule has 2 aromatic carbocycles. The number of thiazole rings is 1. The summed E-state index contributed by atoms with van der Waals surface area (Å²) < 4.78 is 5.81. The largest absolute Gasteiger partial charge is 0.370 e. The summed E-state index contributed by atoms with van der Waals surface area (Å²) in [5.41, 5.74) is 8.21. The quantitative estimate of drug-likeness (QED) is 0.197. The lowest BCUT2D eigenvalue weighted by Crippen LogP contribution is -2.35. The number of aromatic amines is 1. The molecule has 0 unspecified atom stereocenters. The van der Waals surface area contributed by atoms with Crippen molar-refractivity contribution in [2.45, 2.75) is 38.5 Å². The summed E-state index contributed by atoms with van der Waals surface area (Å²) in [6.45, 7) is 4.21. The van der Waals surface area contributed by atoms with Gasteiger partial charge in [0.15, 0.2) is 5.69 Å². The van der Waals surface area contributed by atoms with Gasteiger partial charge in [0.1, 0.15) is 0 Å². The highest BCUT2D eigenvalue weighted by atomic mass is 32.1. The van der Waals surface area contributed by atoms with Crippen LogP contribution in [0, 0.1) is 6.92 Å². The molecule has 1 saturated carbocycles. The Morgan fingerprint density at radius 3 is 2.60 bits per heavy atom. The van der Waals surface area contributed by atoms with E-state index in [4.69, 9.17) is 9.72 Å². The zero-order chi connectivity index (χ0) is 31.6. The number of benzene rings is 2. The number of hydrogen-bond acceptors (Lipinski definition) is 8. The van der Waals surface area contributed by atoms with Gasteiger partial charge in [-0.2, -0.15) is 5.10 Å². The van der Waals surface area contributed by atoms with E-state index in [2.05, 4.69) is 20.5 Å². The zero-order valence-electron chi connectivity index (χ0n) is 26.0. The van der Waals surface area contributed by atoms with E-state index >= 15 is 0 Å². The normalized spacial score (nSPS) is 13.7. The Morgan fingerprint density at radius 1 is 1.04 bits per heavy atom. The summed E-state index contributed by atoms with van der Waals surface area (Å²) in [4.78, 5) is 39.5. The van der Waals surface area contributed by atoms with Gasteiger partial charge in [0, 0.05) is 36.5 Å². The molecule has 5 aromatic rings. The summed E-state index contributed by atoms with van der Waals surface area (Å²) in [5.74, 6) is -0.267. The molecular formula is C34H37N7O3S. The number of pyridine rings is 1. The van der Waals surface area contributed by atoms with Gasteiger partial charge in [-0.15, -0.1) is 11.3 Å². The fourth-order valence-corrected chi connectivity index (χ4v) is 5.99. The Morgan fingerprint density at radius 2 is 1.87 bits per heavy atom. The van der Waals surface area contributed by atoms with Crippen LogP contribution in [0.1, 0.15) is 56.1 Å². The Labute approximate surface area is 266 Å². The number of para-hydroxylation sites is 1. The number of carbonyl (C=O) groups is 2. The van der Waals surface area contributed by atoms with Crippen LogP contribution in [0.4, 0.5) is 0 Å². The third-order valence-electron chi connectivity index (χ3n) is 8.17. The number of fused-ring (bicyclic) bond motifs is 1. The number of aryl methyl sites for hydroxylation is 1. The fourth-order valence-electron chi connectivity index (χ4n) is 5.44. The van der Waals surface area contributed by atoms with Crippen LogP contribution in [-0.4, -0.2) is 76.0 Å². The highest BCUT2D eigenvalue weighted by Gasteiger charge is 2.47. The Hall–Kier alpha value is -4.45. The lowest BCUT2D eigenvalue weighted by molar-refractivity contribution is 0.0780. The van der Waals surface area contributed by atoms with Crippen LogP contribution >= 0.6 is 11.3 Å². The number of nitrogens with one attached hydrogen (secondary N) is 2. The number of ether oxygens (including phenoxy) is 1. The minimum Gasteiger partial charge on any atom is -0.370 e. The fraction of sp³-hybridized carbons (Fsp3) is 0.324. The number of amides is 2. The number of carbonyl (C=O) groups excluding carboxylic acids is 2. The number of hydrogen-bond donors (Lipinski definition) is 2. The van der Waals surface area contributed by atoms with E-state index in [0.717, 1.165) is 52.7 Å². The van der Waals surface area contributed by atoms with Crippen molar-refractivity contribution >= 4 is 34.1 Å². The number of aromatic nitrogens is 4. The molecule has 1 aliphatic rings. The second-order valence-corrected chi connectivity index (χ2v) is 12.6. The van der Waals surface area contributed by atoms with Crippen molar-refractivity contribution in [1.82, 2.24) is 35.3 Å². The second kappa shape index (κ2) is 12.9. The average Bonchev–Trinajstić information content (AvgIpc) is 3.39. The second-order valence-electron chi connectivity index (χ2n) is 11.9. The molecule has 10 nitrogen and oxygen atoms in total. The minimum absolute atomic E-state index is 0.113. The first-order valence-corrected chi connectivity index (χ1v) is 15.9. The van der Waals surface area contributed by atoms with Crippen molar-refractivity contribution in [3.05, 3.63) is 99.1 Å². The lowest BCUT2D eigenvalue weighted by atomic mass is 9.97. The smallest absolute Gasteiger partial charge is 0.274 e. The van der Waals surface area contributed by atoms with Crippen LogP contribution in [-0.2, 0) is 23.5 Å². The predicted molar refractivity (Wildman–Crippen MR) is 175 cm³/mol. The van der Waals surface area contributed by atoms with Gasteiger partial charge in [-0.05, 0) is 74.8 Å². The van der Waals surface area contributed by atoms with Gasteiger partial charge < -0.3 is 19.9 Å². The number of likely N-dealkylation sites (N-methyl/N-ethyl adjacent to an activating group) is 2. The van der Waals surface area contributed by atoms with E-state index in [9.17, 15) is 9.59 Å². The number of H-pyrrole nitrogens is 1. The molecule has 2 amide bonds. The number of rotatable bonds is 12. The summed E-state index contributed by atoms with van der Waals surface area (Å²) in [6.07, 6.45) is 1.63. The van der Waals surface area contributed by atoms with E-state index in [-0.39, 0.29) is 11.8 Å². The molecule has 1 aliphatic carbocycles. The molecule has 2 N–H and O–H groups in total. The molecule has 0 radical (unpaired) electrons. The molecule has 11 heteroatoms. The van der Waals surface area contributed by atoms with Gasteiger partial charge in [-0.25, -0.2) is 9.97 Å². The first-order valence-electron chi connectivity index (χ1n) is 15.0. The van der Waals surface area contributed by atoms with Gasteiger partial charge >= 0.3 is 0 Å². The molecule has 0 atom stereocenters. The van der Waals surface area contributed by atoms with Crippen LogP contribution in [0.2, 0.25) is 0 Å². The summed E-state index contributed by atoms with van der Waals surface area (Å²) in [6, 6.07) is 17.5. The first-order chi connectivity index (χ1) is 21.7. The average molecular weight is 624 g/mol. The van der Waals surface area contributed by atoms with Crippen molar-refractivity contribution in [3.63, 3.8) is 0 Å². The van der Waals surface area contributed by atoms with E-state index in [0.29, 0.717) is 42.4 Å². The van der Waals surface area contributed by atoms with Gasteiger partial charge in [-0.3, -0.25) is 14.7 Å². The molecular weight excluding hydrogens is 586 g/mol. The van der Waals surface area contributed by atoms with Gasteiger partial charge in [-0.1, -0.05) is 30.3 Å². The molecule has 6 rings (SSSR count). The standard InChI is InChI=1S/C34H37N7O3S/c1-22-15-23(18-44-19-24-20-45-21-35-24)9-10-25(22)32(42)37-34(11-12-34)27-16-29(36-28-8-6-5-7-26(27)28)30-17-31(39-38-30)33(43)41(4)14-13-40(2)3/h5-10,15-17,20-21H,11-14,18-19H2,1-4H3,(H,37,42)(H,38,39). The molecule has 1 fully saturated rings. The Balaban J connectivity index is 1.21. The van der Waals surface area contributed by atoms with Gasteiger partial charge in [0.05, 0.1) is 46.9 Å². The topological polar surface area (TPSA) is 116 Å². The van der Waals surface area contributed by atoms with Crippen molar-refractivity contribution < 1.29 is 14.3 Å². The zero-order valence-corrected chi connectivity index (χ0v) is 26.8. The van der Waals surface area contributed by atoms with E-state index in [1.165, 1.54) is 0 Å². The van der Waals surface area contributed by atoms with Crippen LogP contribution in [0.15, 0.2) is 65.5 Å². The molecule has 3 aromatic heterocycles. The van der Waals surface area contributed by atoms with Crippen molar-refractivity contribution in [1.29, 1.82) is 0 Å². The highest BCUT2D eigenvalue weighted by Crippen LogP contribution is 2.48. The Kier molecular flexibility index (Phi) is 8.75. The van der Waals surface area contributed by atoms with Crippen LogP contribution < -0.4 is 5.32 Å². The van der Waals surface area contributed by atoms with E-state index in [1.807, 2.05) is 79.8 Å². The van der Waals surface area contributed by atoms with Crippen molar-refractivity contribution in [3.8, 4) is 11.4 Å².